The standard InChI is InChI=1S/C14H19NO3/c1-9(2)15-8-11(16)13(14(15)17)10-6-4-5-7-12(10)18-3/h4-7,9,11,13,16H,8H2,1-3H3. The minimum Gasteiger partial charge on any atom is -0.496 e. The molecule has 0 radical (unpaired) electrons. The van der Waals surface area contributed by atoms with Crippen molar-refractivity contribution in [2.75, 3.05) is 13.7 Å². The highest BCUT2D eigenvalue weighted by atomic mass is 16.5. The minimum absolute atomic E-state index is 0.0259. The van der Waals surface area contributed by atoms with E-state index in [1.54, 1.807) is 12.0 Å². The first kappa shape index (κ1) is 12.9. The monoisotopic (exact) mass is 249 g/mol. The predicted octanol–water partition coefficient (Wildman–Crippen LogP) is 1.39. The molecule has 1 heterocycles. The van der Waals surface area contributed by atoms with E-state index < -0.39 is 12.0 Å². The predicted molar refractivity (Wildman–Crippen MR) is 68.6 cm³/mol. The van der Waals surface area contributed by atoms with Crippen molar-refractivity contribution < 1.29 is 14.6 Å². The number of carbonyl (C=O) groups is 1. The lowest BCUT2D eigenvalue weighted by Gasteiger charge is -2.21. The number of carbonyl (C=O) groups excluding carboxylic acids is 1. The van der Waals surface area contributed by atoms with E-state index in [2.05, 4.69) is 0 Å². The molecule has 2 rings (SSSR count). The molecule has 0 bridgehead atoms. The third kappa shape index (κ3) is 2.08. The first-order valence-corrected chi connectivity index (χ1v) is 6.17. The number of β-amino-alcohol motifs (C(OH)–C–C–N with tert-alkyl or cyclic N) is 1. The highest BCUT2D eigenvalue weighted by molar-refractivity contribution is 5.87. The topological polar surface area (TPSA) is 49.8 Å². The lowest BCUT2D eigenvalue weighted by atomic mass is 9.94. The second-order valence-electron chi connectivity index (χ2n) is 4.87. The number of rotatable bonds is 3. The summed E-state index contributed by atoms with van der Waals surface area (Å²) in [6, 6.07) is 7.47. The molecule has 1 aromatic carbocycles. The second kappa shape index (κ2) is 4.98. The lowest BCUT2D eigenvalue weighted by molar-refractivity contribution is -0.130. The second-order valence-corrected chi connectivity index (χ2v) is 4.87. The fourth-order valence-electron chi connectivity index (χ4n) is 2.47. The van der Waals surface area contributed by atoms with Crippen LogP contribution in [0.15, 0.2) is 24.3 Å². The minimum atomic E-state index is -0.670. The van der Waals surface area contributed by atoms with Crippen molar-refractivity contribution in [2.45, 2.75) is 31.9 Å². The Bertz CT molecular complexity index is 444. The zero-order chi connectivity index (χ0) is 13.3. The largest absolute Gasteiger partial charge is 0.496 e. The summed E-state index contributed by atoms with van der Waals surface area (Å²) in [5, 5.41) is 10.1. The molecule has 2 unspecified atom stereocenters. The fourth-order valence-corrected chi connectivity index (χ4v) is 2.47. The number of amides is 1. The Kier molecular flexibility index (Phi) is 3.57. The fraction of sp³-hybridized carbons (Fsp3) is 0.500. The number of methoxy groups -OCH3 is 1. The first-order valence-electron chi connectivity index (χ1n) is 6.17. The van der Waals surface area contributed by atoms with Gasteiger partial charge in [-0.15, -0.1) is 0 Å². The number of benzene rings is 1. The van der Waals surface area contributed by atoms with Crippen LogP contribution >= 0.6 is 0 Å². The van der Waals surface area contributed by atoms with E-state index in [1.807, 2.05) is 38.1 Å². The molecule has 1 fully saturated rings. The molecule has 1 saturated heterocycles. The molecule has 1 aliphatic rings. The van der Waals surface area contributed by atoms with Crippen LogP contribution in [-0.2, 0) is 4.79 Å². The Morgan fingerprint density at radius 3 is 2.61 bits per heavy atom. The number of aliphatic hydroxyl groups excluding tert-OH is 1. The molecule has 1 amide bonds. The summed E-state index contributed by atoms with van der Waals surface area (Å²) in [7, 11) is 1.57. The number of para-hydroxylation sites is 1. The van der Waals surface area contributed by atoms with E-state index in [4.69, 9.17) is 4.74 Å². The molecular formula is C14H19NO3. The summed E-state index contributed by atoms with van der Waals surface area (Å²) in [5.74, 6) is 0.117. The van der Waals surface area contributed by atoms with Crippen molar-refractivity contribution in [3.63, 3.8) is 0 Å². The molecule has 98 valence electrons. The highest BCUT2D eigenvalue weighted by Crippen LogP contribution is 2.35. The van der Waals surface area contributed by atoms with Crippen LogP contribution in [0.1, 0.15) is 25.3 Å². The SMILES string of the molecule is COc1ccccc1C1C(=O)N(C(C)C)CC1O. The summed E-state index contributed by atoms with van der Waals surface area (Å²) < 4.78 is 5.27. The van der Waals surface area contributed by atoms with Crippen LogP contribution < -0.4 is 4.74 Å². The molecule has 0 aromatic heterocycles. The number of aliphatic hydroxyl groups is 1. The van der Waals surface area contributed by atoms with Gasteiger partial charge in [-0.05, 0) is 19.9 Å². The van der Waals surface area contributed by atoms with E-state index in [9.17, 15) is 9.90 Å². The summed E-state index contributed by atoms with van der Waals surface area (Å²) in [4.78, 5) is 14.0. The maximum atomic E-state index is 12.3. The van der Waals surface area contributed by atoms with Gasteiger partial charge in [-0.1, -0.05) is 18.2 Å². The maximum absolute atomic E-state index is 12.3. The summed E-state index contributed by atoms with van der Waals surface area (Å²) >= 11 is 0. The van der Waals surface area contributed by atoms with Crippen molar-refractivity contribution in [3.8, 4) is 5.75 Å². The number of nitrogens with zero attached hydrogens (tertiary/aromatic N) is 1. The molecule has 1 aromatic rings. The number of hydrogen-bond acceptors (Lipinski definition) is 3. The van der Waals surface area contributed by atoms with Gasteiger partial charge in [0, 0.05) is 18.2 Å². The van der Waals surface area contributed by atoms with E-state index in [0.717, 1.165) is 5.56 Å². The zero-order valence-electron chi connectivity index (χ0n) is 11.0. The molecule has 4 nitrogen and oxygen atoms in total. The van der Waals surface area contributed by atoms with E-state index in [-0.39, 0.29) is 11.9 Å². The van der Waals surface area contributed by atoms with Crippen molar-refractivity contribution in [3.05, 3.63) is 29.8 Å². The lowest BCUT2D eigenvalue weighted by Crippen LogP contribution is -2.33. The Labute approximate surface area is 107 Å². The van der Waals surface area contributed by atoms with Gasteiger partial charge in [0.15, 0.2) is 0 Å². The summed E-state index contributed by atoms with van der Waals surface area (Å²) in [6.07, 6.45) is -0.670. The molecule has 0 aliphatic carbocycles. The van der Waals surface area contributed by atoms with Crippen LogP contribution in [0.3, 0.4) is 0 Å². The van der Waals surface area contributed by atoms with Gasteiger partial charge in [0.1, 0.15) is 5.75 Å². The van der Waals surface area contributed by atoms with E-state index in [1.165, 1.54) is 0 Å². The van der Waals surface area contributed by atoms with Crippen LogP contribution in [0.5, 0.6) is 5.75 Å². The van der Waals surface area contributed by atoms with Gasteiger partial charge in [0.25, 0.3) is 0 Å². The van der Waals surface area contributed by atoms with Gasteiger partial charge in [0.2, 0.25) is 5.91 Å². The first-order chi connectivity index (χ1) is 8.56. The van der Waals surface area contributed by atoms with E-state index in [0.29, 0.717) is 12.3 Å². The Hall–Kier alpha value is -1.55. The third-order valence-electron chi connectivity index (χ3n) is 3.41. The quantitative estimate of drug-likeness (QED) is 0.880. The molecule has 1 N–H and O–H groups in total. The molecule has 1 aliphatic heterocycles. The molecule has 4 heteroatoms. The van der Waals surface area contributed by atoms with Gasteiger partial charge in [0.05, 0.1) is 19.1 Å². The highest BCUT2D eigenvalue weighted by Gasteiger charge is 2.42. The van der Waals surface area contributed by atoms with Crippen LogP contribution in [0, 0.1) is 0 Å². The van der Waals surface area contributed by atoms with Crippen LogP contribution in [0.2, 0.25) is 0 Å². The summed E-state index contributed by atoms with van der Waals surface area (Å²) in [5.41, 5.74) is 0.764. The molecule has 2 atom stereocenters. The zero-order valence-corrected chi connectivity index (χ0v) is 11.0. The average molecular weight is 249 g/mol. The van der Waals surface area contributed by atoms with Crippen LogP contribution in [0.25, 0.3) is 0 Å². The number of likely N-dealkylation sites (tertiary alicyclic amines) is 1. The Morgan fingerprint density at radius 2 is 2.06 bits per heavy atom. The van der Waals surface area contributed by atoms with Crippen molar-refractivity contribution in [1.82, 2.24) is 4.90 Å². The van der Waals surface area contributed by atoms with Crippen LogP contribution in [0.4, 0.5) is 0 Å². The molecule has 0 spiro atoms. The third-order valence-corrected chi connectivity index (χ3v) is 3.41. The van der Waals surface area contributed by atoms with Gasteiger partial charge in [-0.2, -0.15) is 0 Å². The van der Waals surface area contributed by atoms with Crippen molar-refractivity contribution in [2.24, 2.45) is 0 Å². The molecule has 18 heavy (non-hydrogen) atoms. The van der Waals surface area contributed by atoms with E-state index >= 15 is 0 Å². The normalized spacial score (nSPS) is 23.8. The average Bonchev–Trinajstić information content (AvgIpc) is 2.65. The Balaban J connectivity index is 2.36. The summed E-state index contributed by atoms with van der Waals surface area (Å²) in [6.45, 7) is 4.30. The number of hydrogen-bond donors (Lipinski definition) is 1. The van der Waals surface area contributed by atoms with Crippen molar-refractivity contribution in [1.29, 1.82) is 0 Å². The van der Waals surface area contributed by atoms with Gasteiger partial charge in [-0.3, -0.25) is 4.79 Å². The number of ether oxygens (including phenoxy) is 1. The molecular weight excluding hydrogens is 230 g/mol. The van der Waals surface area contributed by atoms with Crippen LogP contribution in [-0.4, -0.2) is 41.7 Å². The molecule has 0 saturated carbocycles. The smallest absolute Gasteiger partial charge is 0.233 e. The Morgan fingerprint density at radius 1 is 1.39 bits per heavy atom. The van der Waals surface area contributed by atoms with Crippen molar-refractivity contribution >= 4 is 5.91 Å². The maximum Gasteiger partial charge on any atom is 0.233 e. The van der Waals surface area contributed by atoms with Gasteiger partial charge < -0.3 is 14.7 Å². The van der Waals surface area contributed by atoms with Gasteiger partial charge in [-0.25, -0.2) is 0 Å². The van der Waals surface area contributed by atoms with Gasteiger partial charge >= 0.3 is 0 Å².